The Kier molecular flexibility index (Phi) is 10.2. The van der Waals surface area contributed by atoms with Gasteiger partial charge in [-0.3, -0.25) is 9.59 Å². The molecule has 0 saturated carbocycles. The van der Waals surface area contributed by atoms with Gasteiger partial charge in [-0.25, -0.2) is 9.97 Å². The summed E-state index contributed by atoms with van der Waals surface area (Å²) in [5.74, 6) is -0.816. The van der Waals surface area contributed by atoms with Crippen LogP contribution in [-0.4, -0.2) is 56.5 Å². The predicted molar refractivity (Wildman–Crippen MR) is 122 cm³/mol. The molecule has 0 aromatic carbocycles. The van der Waals surface area contributed by atoms with Crippen molar-refractivity contribution in [3.05, 3.63) is 12.5 Å². The monoisotopic (exact) mass is 462 g/mol. The number of carbonyl (C=O) groups is 3. The number of carbonyl (C=O) groups excluding carboxylic acids is 3. The van der Waals surface area contributed by atoms with E-state index in [-0.39, 0.29) is 49.2 Å². The molecule has 0 aliphatic heterocycles. The highest BCUT2D eigenvalue weighted by Crippen LogP contribution is 2.16. The lowest BCUT2D eigenvalue weighted by molar-refractivity contribution is -0.149. The highest BCUT2D eigenvalue weighted by atomic mass is 16.5. The van der Waals surface area contributed by atoms with Crippen molar-refractivity contribution in [2.24, 2.45) is 17.6 Å². The minimum absolute atomic E-state index is 0.0201. The molecule has 0 aliphatic carbocycles. The molecule has 2 heterocycles. The molecule has 3 atom stereocenters. The second-order valence-corrected chi connectivity index (χ2v) is 8.31. The standard InChI is InChI=1S/C22H34N6O5/c1-4-14(2)19(23)21(31)32-9-8-16(12-33-18(30)7-5-6-15(3)29)11-28-13-26-17-10-25-22(24)27-20(17)28/h10,13-14,16,19H,4-9,11-12,23H2,1-3H3,(H2,24,25,27)/t14-,16?,19-/m0/s1. The molecule has 33 heavy (non-hydrogen) atoms. The van der Waals surface area contributed by atoms with Crippen LogP contribution in [0.15, 0.2) is 12.5 Å². The van der Waals surface area contributed by atoms with Gasteiger partial charge in [-0.05, 0) is 25.7 Å². The molecule has 11 heteroatoms. The first-order valence-electron chi connectivity index (χ1n) is 11.2. The molecule has 0 spiro atoms. The zero-order chi connectivity index (χ0) is 24.4. The predicted octanol–water partition coefficient (Wildman–Crippen LogP) is 1.63. The Bertz CT molecular complexity index is 946. The summed E-state index contributed by atoms with van der Waals surface area (Å²) >= 11 is 0. The van der Waals surface area contributed by atoms with E-state index in [4.69, 9.17) is 20.9 Å². The van der Waals surface area contributed by atoms with Gasteiger partial charge in [0.25, 0.3) is 0 Å². The lowest BCUT2D eigenvalue weighted by Crippen LogP contribution is -2.38. The van der Waals surface area contributed by atoms with Crippen LogP contribution in [0.3, 0.4) is 0 Å². The van der Waals surface area contributed by atoms with Gasteiger partial charge in [0, 0.05) is 25.3 Å². The Morgan fingerprint density at radius 3 is 2.64 bits per heavy atom. The number of nitrogens with zero attached hydrogens (tertiary/aromatic N) is 4. The van der Waals surface area contributed by atoms with E-state index in [1.54, 1.807) is 10.9 Å². The molecule has 0 aliphatic rings. The Labute approximate surface area is 193 Å². The van der Waals surface area contributed by atoms with Crippen LogP contribution in [0, 0.1) is 11.8 Å². The summed E-state index contributed by atoms with van der Waals surface area (Å²) in [4.78, 5) is 47.7. The van der Waals surface area contributed by atoms with Gasteiger partial charge < -0.3 is 30.3 Å². The van der Waals surface area contributed by atoms with Crippen LogP contribution < -0.4 is 11.5 Å². The van der Waals surface area contributed by atoms with Gasteiger partial charge in [-0.15, -0.1) is 0 Å². The maximum atomic E-state index is 12.2. The van der Waals surface area contributed by atoms with Crippen LogP contribution in [0.1, 0.15) is 52.9 Å². The Morgan fingerprint density at radius 1 is 1.18 bits per heavy atom. The van der Waals surface area contributed by atoms with Crippen molar-refractivity contribution >= 4 is 34.8 Å². The first kappa shape index (κ1) is 26.2. The quantitative estimate of drug-likeness (QED) is 0.394. The van der Waals surface area contributed by atoms with E-state index in [0.717, 1.165) is 6.42 Å². The number of nitrogen functional groups attached to an aromatic ring is 1. The van der Waals surface area contributed by atoms with Crippen molar-refractivity contribution in [1.82, 2.24) is 19.5 Å². The fourth-order valence-electron chi connectivity index (χ4n) is 3.18. The SMILES string of the molecule is CC[C@H](C)[C@H](N)C(=O)OCCC(COC(=O)CCCC(C)=O)Cn1cnc2cnc(N)nc21. The molecule has 0 fully saturated rings. The van der Waals surface area contributed by atoms with Crippen molar-refractivity contribution in [1.29, 1.82) is 0 Å². The minimum atomic E-state index is -0.676. The summed E-state index contributed by atoms with van der Waals surface area (Å²) in [6.07, 6.45) is 5.33. The van der Waals surface area contributed by atoms with Crippen LogP contribution in [0.2, 0.25) is 0 Å². The Hall–Kier alpha value is -3.08. The molecular formula is C22H34N6O5. The number of aromatic nitrogens is 4. The number of imidazole rings is 1. The van der Waals surface area contributed by atoms with Crippen molar-refractivity contribution in [3.63, 3.8) is 0 Å². The first-order chi connectivity index (χ1) is 15.7. The molecule has 182 valence electrons. The van der Waals surface area contributed by atoms with Crippen LogP contribution >= 0.6 is 0 Å². The van der Waals surface area contributed by atoms with E-state index in [1.807, 2.05) is 13.8 Å². The fraction of sp³-hybridized carbons (Fsp3) is 0.636. The van der Waals surface area contributed by atoms with Gasteiger partial charge in [-0.1, -0.05) is 20.3 Å². The number of esters is 2. The highest BCUT2D eigenvalue weighted by Gasteiger charge is 2.22. The molecule has 0 saturated heterocycles. The molecule has 0 bridgehead atoms. The number of anilines is 1. The molecule has 0 radical (unpaired) electrons. The third-order valence-corrected chi connectivity index (χ3v) is 5.52. The number of ether oxygens (including phenoxy) is 2. The third kappa shape index (κ3) is 8.41. The zero-order valence-corrected chi connectivity index (χ0v) is 19.5. The molecule has 2 aromatic rings. The Morgan fingerprint density at radius 2 is 1.94 bits per heavy atom. The van der Waals surface area contributed by atoms with Gasteiger partial charge in [0.1, 0.15) is 17.3 Å². The average molecular weight is 463 g/mol. The van der Waals surface area contributed by atoms with Gasteiger partial charge >= 0.3 is 11.9 Å². The summed E-state index contributed by atoms with van der Waals surface area (Å²) in [7, 11) is 0. The van der Waals surface area contributed by atoms with Gasteiger partial charge in [-0.2, -0.15) is 4.98 Å². The maximum absolute atomic E-state index is 12.2. The van der Waals surface area contributed by atoms with Crippen molar-refractivity contribution < 1.29 is 23.9 Å². The van der Waals surface area contributed by atoms with E-state index >= 15 is 0 Å². The first-order valence-corrected chi connectivity index (χ1v) is 11.2. The smallest absolute Gasteiger partial charge is 0.323 e. The number of nitrogens with two attached hydrogens (primary N) is 2. The summed E-state index contributed by atoms with van der Waals surface area (Å²) in [5.41, 5.74) is 12.8. The number of fused-ring (bicyclic) bond motifs is 1. The molecule has 11 nitrogen and oxygen atoms in total. The van der Waals surface area contributed by atoms with Crippen LogP contribution in [0.25, 0.3) is 11.2 Å². The Balaban J connectivity index is 1.99. The van der Waals surface area contributed by atoms with Crippen LogP contribution in [-0.2, 0) is 30.4 Å². The fourth-order valence-corrected chi connectivity index (χ4v) is 3.18. The number of ketones is 1. The summed E-state index contributed by atoms with van der Waals surface area (Å²) < 4.78 is 12.6. The lowest BCUT2D eigenvalue weighted by Gasteiger charge is -2.20. The molecule has 0 amide bonds. The lowest BCUT2D eigenvalue weighted by atomic mass is 10.0. The second kappa shape index (κ2) is 12.8. The number of hydrogen-bond acceptors (Lipinski definition) is 10. The molecule has 2 rings (SSSR count). The molecule has 4 N–H and O–H groups in total. The van der Waals surface area contributed by atoms with Gasteiger partial charge in [0.15, 0.2) is 5.65 Å². The van der Waals surface area contributed by atoms with E-state index in [9.17, 15) is 14.4 Å². The number of rotatable bonds is 14. The van der Waals surface area contributed by atoms with Crippen molar-refractivity contribution in [3.8, 4) is 0 Å². The summed E-state index contributed by atoms with van der Waals surface area (Å²) in [6, 6.07) is -0.676. The van der Waals surface area contributed by atoms with E-state index < -0.39 is 12.0 Å². The molecule has 1 unspecified atom stereocenters. The van der Waals surface area contributed by atoms with E-state index in [0.29, 0.717) is 37.0 Å². The normalized spacial score (nSPS) is 13.9. The van der Waals surface area contributed by atoms with Crippen LogP contribution in [0.4, 0.5) is 5.95 Å². The summed E-state index contributed by atoms with van der Waals surface area (Å²) in [5, 5.41) is 0. The highest BCUT2D eigenvalue weighted by molar-refractivity contribution is 5.76. The van der Waals surface area contributed by atoms with E-state index in [2.05, 4.69) is 15.0 Å². The molecular weight excluding hydrogens is 428 g/mol. The second-order valence-electron chi connectivity index (χ2n) is 8.31. The maximum Gasteiger partial charge on any atom is 0.323 e. The van der Waals surface area contributed by atoms with Crippen LogP contribution in [0.5, 0.6) is 0 Å². The van der Waals surface area contributed by atoms with Gasteiger partial charge in [0.05, 0.1) is 25.7 Å². The number of Topliss-reactive ketones (excluding diaryl/α,β-unsaturated/α-hetero) is 1. The average Bonchev–Trinajstić information content (AvgIpc) is 3.17. The minimum Gasteiger partial charge on any atom is -0.465 e. The number of hydrogen-bond donors (Lipinski definition) is 2. The zero-order valence-electron chi connectivity index (χ0n) is 19.5. The summed E-state index contributed by atoms with van der Waals surface area (Å²) in [6.45, 7) is 6.03. The largest absolute Gasteiger partial charge is 0.465 e. The third-order valence-electron chi connectivity index (χ3n) is 5.52. The van der Waals surface area contributed by atoms with Crippen molar-refractivity contribution in [2.75, 3.05) is 18.9 Å². The van der Waals surface area contributed by atoms with E-state index in [1.165, 1.54) is 13.1 Å². The van der Waals surface area contributed by atoms with Gasteiger partial charge in [0.2, 0.25) is 5.95 Å². The van der Waals surface area contributed by atoms with Crippen molar-refractivity contribution in [2.45, 2.75) is 65.5 Å². The molecule has 2 aromatic heterocycles. The topological polar surface area (TPSA) is 165 Å².